The molecule has 168 valence electrons. The second kappa shape index (κ2) is 11.4. The summed E-state index contributed by atoms with van der Waals surface area (Å²) >= 11 is 7.67. The van der Waals surface area contributed by atoms with E-state index in [1.54, 1.807) is 54.2 Å². The Balaban J connectivity index is 1.61. The van der Waals surface area contributed by atoms with E-state index in [9.17, 15) is 13.2 Å². The third-order valence-corrected chi connectivity index (χ3v) is 7.72. The average molecular weight is 489 g/mol. The van der Waals surface area contributed by atoms with Crippen LogP contribution in [-0.2, 0) is 20.6 Å². The predicted molar refractivity (Wildman–Crippen MR) is 133 cm³/mol. The molecule has 0 aromatic heterocycles. The number of sulfonamides is 1. The van der Waals surface area contributed by atoms with Crippen LogP contribution in [0.4, 0.5) is 5.69 Å². The van der Waals surface area contributed by atoms with Gasteiger partial charge in [-0.25, -0.2) is 8.42 Å². The summed E-state index contributed by atoms with van der Waals surface area (Å²) in [7, 11) is -3.91. The van der Waals surface area contributed by atoms with Crippen molar-refractivity contribution < 1.29 is 13.2 Å². The van der Waals surface area contributed by atoms with Gasteiger partial charge in [0, 0.05) is 23.1 Å². The van der Waals surface area contributed by atoms with Crippen molar-refractivity contribution in [2.75, 3.05) is 23.1 Å². The SMILES string of the molecule is Cc1cccc(CSCCNC(=O)CN(c2ccc(Cl)cc2)S(=O)(=O)c2ccccc2)c1. The molecule has 8 heteroatoms. The average Bonchev–Trinajstić information content (AvgIpc) is 2.78. The lowest BCUT2D eigenvalue weighted by atomic mass is 10.2. The minimum Gasteiger partial charge on any atom is -0.354 e. The van der Waals surface area contributed by atoms with Gasteiger partial charge in [0.2, 0.25) is 5.91 Å². The third kappa shape index (κ3) is 6.76. The van der Waals surface area contributed by atoms with Crippen LogP contribution in [0.2, 0.25) is 5.02 Å². The van der Waals surface area contributed by atoms with E-state index in [0.29, 0.717) is 17.3 Å². The van der Waals surface area contributed by atoms with Gasteiger partial charge in [0.15, 0.2) is 0 Å². The summed E-state index contributed by atoms with van der Waals surface area (Å²) in [5.74, 6) is 1.22. The normalized spacial score (nSPS) is 11.2. The van der Waals surface area contributed by atoms with Crippen LogP contribution in [0.1, 0.15) is 11.1 Å². The first-order chi connectivity index (χ1) is 15.4. The van der Waals surface area contributed by atoms with Crippen molar-refractivity contribution >= 4 is 45.0 Å². The summed E-state index contributed by atoms with van der Waals surface area (Å²) < 4.78 is 27.6. The molecule has 0 spiro atoms. The first-order valence-electron chi connectivity index (χ1n) is 10.1. The first-order valence-corrected chi connectivity index (χ1v) is 13.1. The number of nitrogens with zero attached hydrogens (tertiary/aromatic N) is 1. The number of carbonyl (C=O) groups excluding carboxylic acids is 1. The fraction of sp³-hybridized carbons (Fsp3) is 0.208. The van der Waals surface area contributed by atoms with E-state index in [-0.39, 0.29) is 17.3 Å². The van der Waals surface area contributed by atoms with Crippen LogP contribution >= 0.6 is 23.4 Å². The van der Waals surface area contributed by atoms with E-state index in [1.165, 1.54) is 23.3 Å². The molecule has 0 aliphatic heterocycles. The smallest absolute Gasteiger partial charge is 0.264 e. The molecular formula is C24H25ClN2O3S2. The molecule has 0 heterocycles. The highest BCUT2D eigenvalue weighted by atomic mass is 35.5. The quantitative estimate of drug-likeness (QED) is 0.412. The molecule has 32 heavy (non-hydrogen) atoms. The maximum atomic E-state index is 13.2. The molecule has 0 bridgehead atoms. The largest absolute Gasteiger partial charge is 0.354 e. The van der Waals surface area contributed by atoms with Gasteiger partial charge in [0.05, 0.1) is 10.6 Å². The summed E-state index contributed by atoms with van der Waals surface area (Å²) in [5, 5.41) is 3.31. The van der Waals surface area contributed by atoms with E-state index < -0.39 is 10.0 Å². The van der Waals surface area contributed by atoms with E-state index in [1.807, 2.05) is 6.07 Å². The van der Waals surface area contributed by atoms with Crippen molar-refractivity contribution in [2.45, 2.75) is 17.6 Å². The summed E-state index contributed by atoms with van der Waals surface area (Å²) in [4.78, 5) is 12.7. The Kier molecular flexibility index (Phi) is 8.61. The van der Waals surface area contributed by atoms with Gasteiger partial charge in [-0.2, -0.15) is 11.8 Å². The Morgan fingerprint density at radius 1 is 1.00 bits per heavy atom. The van der Waals surface area contributed by atoms with Crippen LogP contribution in [-0.4, -0.2) is 33.2 Å². The van der Waals surface area contributed by atoms with Crippen LogP contribution in [0.25, 0.3) is 0 Å². The highest BCUT2D eigenvalue weighted by molar-refractivity contribution is 7.98. The van der Waals surface area contributed by atoms with E-state index in [4.69, 9.17) is 11.6 Å². The summed E-state index contributed by atoms with van der Waals surface area (Å²) in [6.07, 6.45) is 0. The zero-order chi connectivity index (χ0) is 23.0. The minimum absolute atomic E-state index is 0.122. The lowest BCUT2D eigenvalue weighted by Crippen LogP contribution is -2.41. The number of thioether (sulfide) groups is 1. The minimum atomic E-state index is -3.91. The molecule has 0 fully saturated rings. The fourth-order valence-corrected chi connectivity index (χ4v) is 5.46. The summed E-state index contributed by atoms with van der Waals surface area (Å²) in [5.41, 5.74) is 2.84. The number of benzene rings is 3. The highest BCUT2D eigenvalue weighted by Crippen LogP contribution is 2.25. The number of aryl methyl sites for hydroxylation is 1. The molecule has 3 aromatic carbocycles. The number of nitrogens with one attached hydrogen (secondary N) is 1. The van der Waals surface area contributed by atoms with E-state index in [0.717, 1.165) is 15.8 Å². The molecule has 0 unspecified atom stereocenters. The maximum Gasteiger partial charge on any atom is 0.264 e. The van der Waals surface area contributed by atoms with Crippen molar-refractivity contribution in [3.63, 3.8) is 0 Å². The second-order valence-corrected chi connectivity index (χ2v) is 10.6. The van der Waals surface area contributed by atoms with Crippen molar-refractivity contribution in [3.05, 3.63) is 95.0 Å². The number of amides is 1. The summed E-state index contributed by atoms with van der Waals surface area (Å²) in [6.45, 7) is 2.20. The number of halogens is 1. The second-order valence-electron chi connectivity index (χ2n) is 7.19. The van der Waals surface area contributed by atoms with Crippen LogP contribution in [0, 0.1) is 6.92 Å². The lowest BCUT2D eigenvalue weighted by Gasteiger charge is -2.24. The number of hydrogen-bond donors (Lipinski definition) is 1. The molecule has 0 atom stereocenters. The van der Waals surface area contributed by atoms with Gasteiger partial charge in [-0.3, -0.25) is 9.10 Å². The van der Waals surface area contributed by atoms with Crippen molar-refractivity contribution in [2.24, 2.45) is 0 Å². The number of hydrogen-bond acceptors (Lipinski definition) is 4. The Bertz CT molecular complexity index is 1140. The molecule has 0 radical (unpaired) electrons. The molecule has 1 N–H and O–H groups in total. The number of anilines is 1. The first kappa shape index (κ1) is 24.2. The predicted octanol–water partition coefficient (Wildman–Crippen LogP) is 4.89. The van der Waals surface area contributed by atoms with Gasteiger partial charge < -0.3 is 5.32 Å². The standard InChI is InChI=1S/C24H25ClN2O3S2/c1-19-6-5-7-20(16-19)18-31-15-14-26-24(28)17-27(22-12-10-21(25)11-13-22)32(29,30)23-8-3-2-4-9-23/h2-13,16H,14-15,17-18H2,1H3,(H,26,28). The van der Waals surface area contributed by atoms with Crippen molar-refractivity contribution in [1.29, 1.82) is 0 Å². The van der Waals surface area contributed by atoms with Crippen molar-refractivity contribution in [1.82, 2.24) is 5.32 Å². The van der Waals surface area contributed by atoms with Crippen LogP contribution in [0.3, 0.4) is 0 Å². The molecule has 0 saturated carbocycles. The Morgan fingerprint density at radius 3 is 2.41 bits per heavy atom. The Labute approximate surface area is 198 Å². The van der Waals surface area contributed by atoms with Gasteiger partial charge >= 0.3 is 0 Å². The topological polar surface area (TPSA) is 66.5 Å². The third-order valence-electron chi connectivity index (χ3n) is 4.65. The molecule has 3 rings (SSSR count). The zero-order valence-corrected chi connectivity index (χ0v) is 20.1. The van der Waals surface area contributed by atoms with Crippen LogP contribution in [0.5, 0.6) is 0 Å². The summed E-state index contributed by atoms with van der Waals surface area (Å²) in [6, 6.07) is 22.8. The Hall–Kier alpha value is -2.48. The monoisotopic (exact) mass is 488 g/mol. The van der Waals surface area contributed by atoms with Crippen LogP contribution in [0.15, 0.2) is 83.8 Å². The number of carbonyl (C=O) groups is 1. The van der Waals surface area contributed by atoms with Gasteiger partial charge in [-0.1, -0.05) is 59.6 Å². The maximum absolute atomic E-state index is 13.2. The van der Waals surface area contributed by atoms with E-state index in [2.05, 4.69) is 30.4 Å². The lowest BCUT2D eigenvalue weighted by molar-refractivity contribution is -0.119. The molecule has 5 nitrogen and oxygen atoms in total. The fourth-order valence-electron chi connectivity index (χ4n) is 3.08. The molecule has 0 aliphatic rings. The van der Waals surface area contributed by atoms with E-state index >= 15 is 0 Å². The van der Waals surface area contributed by atoms with Crippen molar-refractivity contribution in [3.8, 4) is 0 Å². The zero-order valence-electron chi connectivity index (χ0n) is 17.7. The molecular weight excluding hydrogens is 464 g/mol. The molecule has 3 aromatic rings. The van der Waals surface area contributed by atoms with Crippen LogP contribution < -0.4 is 9.62 Å². The number of rotatable bonds is 10. The van der Waals surface area contributed by atoms with Gasteiger partial charge in [-0.15, -0.1) is 0 Å². The van der Waals surface area contributed by atoms with Gasteiger partial charge in [-0.05, 0) is 48.9 Å². The highest BCUT2D eigenvalue weighted by Gasteiger charge is 2.26. The molecule has 0 saturated heterocycles. The van der Waals surface area contributed by atoms with Gasteiger partial charge in [0.25, 0.3) is 10.0 Å². The Morgan fingerprint density at radius 2 is 1.72 bits per heavy atom. The van der Waals surface area contributed by atoms with Gasteiger partial charge in [0.1, 0.15) is 6.54 Å². The molecule has 1 amide bonds. The molecule has 0 aliphatic carbocycles.